The Balaban J connectivity index is 1.92. The summed E-state index contributed by atoms with van der Waals surface area (Å²) < 4.78 is 5.55. The fourth-order valence-corrected chi connectivity index (χ4v) is 2.82. The molecule has 1 aliphatic heterocycles. The predicted octanol–water partition coefficient (Wildman–Crippen LogP) is 1.92. The minimum atomic E-state index is 0.520. The lowest BCUT2D eigenvalue weighted by Gasteiger charge is -2.30. The van der Waals surface area contributed by atoms with Crippen LogP contribution in [0.3, 0.4) is 0 Å². The highest BCUT2D eigenvalue weighted by atomic mass is 16.5. The lowest BCUT2D eigenvalue weighted by Crippen LogP contribution is -2.45. The zero-order chi connectivity index (χ0) is 14.2. The molecule has 4 nitrogen and oxygen atoms in total. The van der Waals surface area contributed by atoms with E-state index in [1.165, 1.54) is 6.42 Å². The summed E-state index contributed by atoms with van der Waals surface area (Å²) in [6.45, 7) is 10.3. The van der Waals surface area contributed by atoms with Gasteiger partial charge in [-0.3, -0.25) is 9.88 Å². The lowest BCUT2D eigenvalue weighted by atomic mass is 9.98. The molecule has 0 aliphatic carbocycles. The van der Waals surface area contributed by atoms with Crippen molar-refractivity contribution < 1.29 is 4.74 Å². The van der Waals surface area contributed by atoms with Crippen LogP contribution < -0.4 is 5.32 Å². The van der Waals surface area contributed by atoms with Gasteiger partial charge in [0.05, 0.1) is 12.3 Å². The molecule has 0 bridgehead atoms. The standard InChI is InChI=1S/C16H27N3O/c1-3-17-16(14-8-10-20-13-14)12-19(4-2)11-15-7-5-6-9-18-15/h5-7,9,14,16-17H,3-4,8,10-13H2,1-2H3. The molecule has 2 atom stereocenters. The van der Waals surface area contributed by atoms with Crippen LogP contribution in [0.2, 0.25) is 0 Å². The number of ether oxygens (including phenoxy) is 1. The summed E-state index contributed by atoms with van der Waals surface area (Å²) in [4.78, 5) is 6.90. The van der Waals surface area contributed by atoms with E-state index < -0.39 is 0 Å². The number of nitrogens with zero attached hydrogens (tertiary/aromatic N) is 2. The number of rotatable bonds is 8. The molecule has 1 N–H and O–H groups in total. The van der Waals surface area contributed by atoms with Gasteiger partial charge < -0.3 is 10.1 Å². The maximum Gasteiger partial charge on any atom is 0.0543 e. The van der Waals surface area contributed by atoms with Crippen LogP contribution >= 0.6 is 0 Å². The van der Waals surface area contributed by atoms with Gasteiger partial charge in [-0.2, -0.15) is 0 Å². The molecule has 2 unspecified atom stereocenters. The molecule has 20 heavy (non-hydrogen) atoms. The fourth-order valence-electron chi connectivity index (χ4n) is 2.82. The third-order valence-electron chi connectivity index (χ3n) is 4.01. The van der Waals surface area contributed by atoms with Crippen molar-refractivity contribution in [3.05, 3.63) is 30.1 Å². The zero-order valence-corrected chi connectivity index (χ0v) is 12.7. The van der Waals surface area contributed by atoms with E-state index in [0.29, 0.717) is 12.0 Å². The van der Waals surface area contributed by atoms with E-state index in [4.69, 9.17) is 4.74 Å². The van der Waals surface area contributed by atoms with Gasteiger partial charge in [-0.15, -0.1) is 0 Å². The molecule has 0 saturated carbocycles. The number of likely N-dealkylation sites (N-methyl/N-ethyl adjacent to an activating group) is 2. The highest BCUT2D eigenvalue weighted by Gasteiger charge is 2.26. The van der Waals surface area contributed by atoms with Gasteiger partial charge in [-0.05, 0) is 31.6 Å². The monoisotopic (exact) mass is 277 g/mol. The molecular formula is C16H27N3O. The van der Waals surface area contributed by atoms with Crippen molar-refractivity contribution in [1.82, 2.24) is 15.2 Å². The average Bonchev–Trinajstić information content (AvgIpc) is 3.01. The Bertz CT molecular complexity index is 365. The van der Waals surface area contributed by atoms with Crippen molar-refractivity contribution in [2.75, 3.05) is 32.8 Å². The maximum atomic E-state index is 5.55. The van der Waals surface area contributed by atoms with Crippen LogP contribution in [0.4, 0.5) is 0 Å². The summed E-state index contributed by atoms with van der Waals surface area (Å²) in [6, 6.07) is 6.65. The first-order valence-electron chi connectivity index (χ1n) is 7.76. The summed E-state index contributed by atoms with van der Waals surface area (Å²) in [5, 5.41) is 3.63. The van der Waals surface area contributed by atoms with Gasteiger partial charge in [0, 0.05) is 37.9 Å². The van der Waals surface area contributed by atoms with E-state index in [1.54, 1.807) is 0 Å². The second kappa shape index (κ2) is 8.35. The number of hydrogen-bond acceptors (Lipinski definition) is 4. The lowest BCUT2D eigenvalue weighted by molar-refractivity contribution is 0.160. The molecule has 0 spiro atoms. The fraction of sp³-hybridized carbons (Fsp3) is 0.688. The predicted molar refractivity (Wildman–Crippen MR) is 81.6 cm³/mol. The van der Waals surface area contributed by atoms with Crippen molar-refractivity contribution in [3.8, 4) is 0 Å². The van der Waals surface area contributed by atoms with Crippen molar-refractivity contribution in [2.45, 2.75) is 32.9 Å². The van der Waals surface area contributed by atoms with Gasteiger partial charge in [0.15, 0.2) is 0 Å². The molecule has 1 aromatic rings. The minimum absolute atomic E-state index is 0.520. The molecule has 4 heteroatoms. The molecule has 1 aromatic heterocycles. The van der Waals surface area contributed by atoms with Gasteiger partial charge >= 0.3 is 0 Å². The SMILES string of the molecule is CCNC(CN(CC)Cc1ccccn1)C1CCOC1. The zero-order valence-electron chi connectivity index (χ0n) is 12.7. The molecule has 112 valence electrons. The van der Waals surface area contributed by atoms with E-state index in [1.807, 2.05) is 12.3 Å². The van der Waals surface area contributed by atoms with Gasteiger partial charge in [0.1, 0.15) is 0 Å². The first-order chi connectivity index (χ1) is 9.83. The van der Waals surface area contributed by atoms with Gasteiger partial charge in [0.2, 0.25) is 0 Å². The topological polar surface area (TPSA) is 37.4 Å². The van der Waals surface area contributed by atoms with Gasteiger partial charge in [-0.25, -0.2) is 0 Å². The number of nitrogens with one attached hydrogen (secondary N) is 1. The summed E-state index contributed by atoms with van der Waals surface area (Å²) in [5.74, 6) is 0.646. The normalized spacial score (nSPS) is 20.4. The van der Waals surface area contributed by atoms with Crippen molar-refractivity contribution in [3.63, 3.8) is 0 Å². The Morgan fingerprint density at radius 3 is 2.95 bits per heavy atom. The highest BCUT2D eigenvalue weighted by molar-refractivity contribution is 5.03. The quantitative estimate of drug-likeness (QED) is 0.788. The molecule has 0 aromatic carbocycles. The first kappa shape index (κ1) is 15.4. The molecule has 2 heterocycles. The Labute approximate surface area is 122 Å². The summed E-state index contributed by atoms with van der Waals surface area (Å²) in [6.07, 6.45) is 3.05. The average molecular weight is 277 g/mol. The smallest absolute Gasteiger partial charge is 0.0543 e. The molecule has 2 rings (SSSR count). The Morgan fingerprint density at radius 2 is 2.35 bits per heavy atom. The second-order valence-corrected chi connectivity index (χ2v) is 5.44. The Hall–Kier alpha value is -0.970. The molecule has 0 radical (unpaired) electrons. The van der Waals surface area contributed by atoms with E-state index in [9.17, 15) is 0 Å². The van der Waals surface area contributed by atoms with Crippen LogP contribution in [0, 0.1) is 5.92 Å². The minimum Gasteiger partial charge on any atom is -0.381 e. The molecule has 1 saturated heterocycles. The van der Waals surface area contributed by atoms with Crippen molar-refractivity contribution in [1.29, 1.82) is 0 Å². The Morgan fingerprint density at radius 1 is 1.45 bits per heavy atom. The van der Waals surface area contributed by atoms with Gasteiger partial charge in [0.25, 0.3) is 0 Å². The molecular weight excluding hydrogens is 250 g/mol. The largest absolute Gasteiger partial charge is 0.381 e. The molecule has 1 aliphatic rings. The third-order valence-corrected chi connectivity index (χ3v) is 4.01. The highest BCUT2D eigenvalue weighted by Crippen LogP contribution is 2.18. The number of hydrogen-bond donors (Lipinski definition) is 1. The van der Waals surface area contributed by atoms with Crippen LogP contribution in [0.15, 0.2) is 24.4 Å². The van der Waals surface area contributed by atoms with Crippen LogP contribution in [-0.2, 0) is 11.3 Å². The maximum absolute atomic E-state index is 5.55. The van der Waals surface area contributed by atoms with Crippen LogP contribution in [0.5, 0.6) is 0 Å². The third kappa shape index (κ3) is 4.54. The van der Waals surface area contributed by atoms with Gasteiger partial charge in [-0.1, -0.05) is 19.9 Å². The summed E-state index contributed by atoms with van der Waals surface area (Å²) in [7, 11) is 0. The van der Waals surface area contributed by atoms with E-state index >= 15 is 0 Å². The number of aromatic nitrogens is 1. The molecule has 0 amide bonds. The summed E-state index contributed by atoms with van der Waals surface area (Å²) >= 11 is 0. The van der Waals surface area contributed by atoms with Crippen molar-refractivity contribution >= 4 is 0 Å². The number of pyridine rings is 1. The Kier molecular flexibility index (Phi) is 6.43. The molecule has 1 fully saturated rings. The van der Waals surface area contributed by atoms with Crippen LogP contribution in [0.1, 0.15) is 26.0 Å². The second-order valence-electron chi connectivity index (χ2n) is 5.44. The first-order valence-corrected chi connectivity index (χ1v) is 7.76. The van der Waals surface area contributed by atoms with E-state index in [-0.39, 0.29) is 0 Å². The summed E-state index contributed by atoms with van der Waals surface area (Å²) in [5.41, 5.74) is 1.15. The van der Waals surface area contributed by atoms with Crippen LogP contribution in [-0.4, -0.2) is 48.8 Å². The van der Waals surface area contributed by atoms with E-state index in [2.05, 4.69) is 41.2 Å². The van der Waals surface area contributed by atoms with Crippen molar-refractivity contribution in [2.24, 2.45) is 5.92 Å². The van der Waals surface area contributed by atoms with E-state index in [0.717, 1.165) is 45.1 Å². The van der Waals surface area contributed by atoms with Crippen LogP contribution in [0.25, 0.3) is 0 Å².